The molecule has 0 atom stereocenters. The SMILES string of the molecule is COC(=O)c1c(-c2cccc(C)c2)csc1NC(C)=O. The summed E-state index contributed by atoms with van der Waals surface area (Å²) in [6.07, 6.45) is 0. The number of rotatable bonds is 3. The van der Waals surface area contributed by atoms with Gasteiger partial charge in [-0.2, -0.15) is 0 Å². The zero-order chi connectivity index (χ0) is 14.7. The molecule has 4 nitrogen and oxygen atoms in total. The van der Waals surface area contributed by atoms with Gasteiger partial charge in [-0.25, -0.2) is 4.79 Å². The van der Waals surface area contributed by atoms with E-state index in [0.717, 1.165) is 16.7 Å². The third-order valence-corrected chi connectivity index (χ3v) is 3.69. The number of carbonyl (C=O) groups excluding carboxylic acids is 2. The molecule has 0 aliphatic heterocycles. The number of methoxy groups -OCH3 is 1. The lowest BCUT2D eigenvalue weighted by Crippen LogP contribution is -2.10. The maximum Gasteiger partial charge on any atom is 0.341 e. The predicted molar refractivity (Wildman–Crippen MR) is 80.1 cm³/mol. The van der Waals surface area contributed by atoms with Crippen molar-refractivity contribution < 1.29 is 14.3 Å². The third kappa shape index (κ3) is 2.88. The molecule has 1 heterocycles. The molecule has 0 saturated carbocycles. The maximum absolute atomic E-state index is 12.0. The van der Waals surface area contributed by atoms with Crippen molar-refractivity contribution in [2.75, 3.05) is 12.4 Å². The van der Waals surface area contributed by atoms with Crippen LogP contribution >= 0.6 is 11.3 Å². The van der Waals surface area contributed by atoms with Gasteiger partial charge in [-0.3, -0.25) is 4.79 Å². The minimum absolute atomic E-state index is 0.215. The van der Waals surface area contributed by atoms with Gasteiger partial charge in [0.1, 0.15) is 10.6 Å². The maximum atomic E-state index is 12.0. The van der Waals surface area contributed by atoms with Gasteiger partial charge in [-0.15, -0.1) is 11.3 Å². The van der Waals surface area contributed by atoms with Gasteiger partial charge in [0.2, 0.25) is 5.91 Å². The number of anilines is 1. The van der Waals surface area contributed by atoms with Crippen molar-refractivity contribution in [2.45, 2.75) is 13.8 Å². The van der Waals surface area contributed by atoms with Crippen molar-refractivity contribution in [1.82, 2.24) is 0 Å². The lowest BCUT2D eigenvalue weighted by molar-refractivity contribution is -0.114. The van der Waals surface area contributed by atoms with E-state index in [1.165, 1.54) is 25.4 Å². The van der Waals surface area contributed by atoms with Crippen molar-refractivity contribution in [1.29, 1.82) is 0 Å². The van der Waals surface area contributed by atoms with Crippen LogP contribution in [0.5, 0.6) is 0 Å². The quantitative estimate of drug-likeness (QED) is 0.880. The first-order chi connectivity index (χ1) is 9.52. The fourth-order valence-electron chi connectivity index (χ4n) is 1.94. The number of esters is 1. The summed E-state index contributed by atoms with van der Waals surface area (Å²) < 4.78 is 4.83. The van der Waals surface area contributed by atoms with Gasteiger partial charge in [-0.1, -0.05) is 29.8 Å². The van der Waals surface area contributed by atoms with Crippen molar-refractivity contribution in [3.05, 3.63) is 40.8 Å². The van der Waals surface area contributed by atoms with Crippen LogP contribution in [0.3, 0.4) is 0 Å². The third-order valence-electron chi connectivity index (χ3n) is 2.80. The summed E-state index contributed by atoms with van der Waals surface area (Å²) >= 11 is 1.32. The second-order valence-electron chi connectivity index (χ2n) is 4.40. The summed E-state index contributed by atoms with van der Waals surface area (Å²) in [6.45, 7) is 3.40. The molecule has 1 aromatic carbocycles. The average molecular weight is 289 g/mol. The smallest absolute Gasteiger partial charge is 0.341 e. The number of nitrogens with one attached hydrogen (secondary N) is 1. The van der Waals surface area contributed by atoms with Gasteiger partial charge in [0.05, 0.1) is 7.11 Å². The molecule has 5 heteroatoms. The topological polar surface area (TPSA) is 55.4 Å². The van der Waals surface area contributed by atoms with Crippen LogP contribution in [0, 0.1) is 6.92 Å². The van der Waals surface area contributed by atoms with Gasteiger partial charge in [-0.05, 0) is 12.5 Å². The van der Waals surface area contributed by atoms with E-state index in [1.54, 1.807) is 0 Å². The highest BCUT2D eigenvalue weighted by Crippen LogP contribution is 2.36. The minimum Gasteiger partial charge on any atom is -0.465 e. The van der Waals surface area contributed by atoms with E-state index in [0.29, 0.717) is 10.6 Å². The largest absolute Gasteiger partial charge is 0.465 e. The van der Waals surface area contributed by atoms with Gasteiger partial charge in [0, 0.05) is 17.9 Å². The Morgan fingerprint density at radius 3 is 2.65 bits per heavy atom. The molecule has 0 unspecified atom stereocenters. The number of ether oxygens (including phenoxy) is 1. The molecule has 0 spiro atoms. The second-order valence-corrected chi connectivity index (χ2v) is 5.28. The van der Waals surface area contributed by atoms with E-state index in [1.807, 2.05) is 36.6 Å². The fraction of sp³-hybridized carbons (Fsp3) is 0.200. The first-order valence-electron chi connectivity index (χ1n) is 6.07. The summed E-state index contributed by atoms with van der Waals surface area (Å²) in [7, 11) is 1.33. The standard InChI is InChI=1S/C15H15NO3S/c1-9-5-4-6-11(7-9)12-8-20-14(16-10(2)17)13(12)15(18)19-3/h4-8H,1-3H3,(H,16,17). The molecule has 0 aliphatic rings. The van der Waals surface area contributed by atoms with Crippen molar-refractivity contribution in [3.8, 4) is 11.1 Å². The number of hydrogen-bond donors (Lipinski definition) is 1. The van der Waals surface area contributed by atoms with Gasteiger partial charge in [0.15, 0.2) is 0 Å². The molecule has 104 valence electrons. The zero-order valence-corrected chi connectivity index (χ0v) is 12.3. The molecule has 0 bridgehead atoms. The molecule has 2 aromatic rings. The van der Waals surface area contributed by atoms with E-state index < -0.39 is 5.97 Å². The van der Waals surface area contributed by atoms with Crippen LogP contribution in [0.1, 0.15) is 22.8 Å². The Labute approximate surface area is 121 Å². The van der Waals surface area contributed by atoms with Crippen LogP contribution in [-0.2, 0) is 9.53 Å². The van der Waals surface area contributed by atoms with Crippen LogP contribution in [-0.4, -0.2) is 19.0 Å². The van der Waals surface area contributed by atoms with Crippen molar-refractivity contribution in [2.24, 2.45) is 0 Å². The van der Waals surface area contributed by atoms with Crippen LogP contribution < -0.4 is 5.32 Å². The van der Waals surface area contributed by atoms with Crippen LogP contribution in [0.15, 0.2) is 29.6 Å². The number of benzene rings is 1. The Morgan fingerprint density at radius 2 is 2.05 bits per heavy atom. The molecule has 1 amide bonds. The molecule has 0 radical (unpaired) electrons. The molecule has 20 heavy (non-hydrogen) atoms. The minimum atomic E-state index is -0.452. The average Bonchev–Trinajstić information content (AvgIpc) is 2.80. The van der Waals surface area contributed by atoms with Gasteiger partial charge < -0.3 is 10.1 Å². The van der Waals surface area contributed by atoms with Crippen LogP contribution in [0.25, 0.3) is 11.1 Å². The second kappa shape index (κ2) is 5.88. The Balaban J connectivity index is 2.56. The lowest BCUT2D eigenvalue weighted by Gasteiger charge is -2.07. The summed E-state index contributed by atoms with van der Waals surface area (Å²) in [4.78, 5) is 23.2. The Bertz CT molecular complexity index is 661. The summed E-state index contributed by atoms with van der Waals surface area (Å²) in [5.41, 5.74) is 3.21. The van der Waals surface area contributed by atoms with E-state index in [9.17, 15) is 9.59 Å². The van der Waals surface area contributed by atoms with E-state index in [2.05, 4.69) is 5.32 Å². The van der Waals surface area contributed by atoms with Crippen molar-refractivity contribution in [3.63, 3.8) is 0 Å². The Morgan fingerprint density at radius 1 is 1.30 bits per heavy atom. The number of hydrogen-bond acceptors (Lipinski definition) is 4. The molecule has 1 aromatic heterocycles. The molecule has 2 rings (SSSR count). The highest BCUT2D eigenvalue weighted by molar-refractivity contribution is 7.15. The number of aryl methyl sites for hydroxylation is 1. The Hall–Kier alpha value is -2.14. The van der Waals surface area contributed by atoms with Gasteiger partial charge in [0.25, 0.3) is 0 Å². The molecule has 0 aliphatic carbocycles. The van der Waals surface area contributed by atoms with E-state index in [4.69, 9.17) is 4.74 Å². The van der Waals surface area contributed by atoms with Crippen LogP contribution in [0.4, 0.5) is 5.00 Å². The molecular weight excluding hydrogens is 274 g/mol. The first kappa shape index (κ1) is 14.3. The van der Waals surface area contributed by atoms with E-state index in [-0.39, 0.29) is 5.91 Å². The fourth-order valence-corrected chi connectivity index (χ4v) is 2.94. The molecular formula is C15H15NO3S. The Kier molecular flexibility index (Phi) is 4.20. The molecule has 0 fully saturated rings. The molecule has 1 N–H and O–H groups in total. The summed E-state index contributed by atoms with van der Waals surface area (Å²) in [5, 5.41) is 5.04. The number of thiophene rings is 1. The summed E-state index contributed by atoms with van der Waals surface area (Å²) in [6, 6.07) is 7.84. The number of carbonyl (C=O) groups is 2. The first-order valence-corrected chi connectivity index (χ1v) is 6.95. The highest BCUT2D eigenvalue weighted by Gasteiger charge is 2.21. The zero-order valence-electron chi connectivity index (χ0n) is 11.5. The number of amides is 1. The summed E-state index contributed by atoms with van der Waals surface area (Å²) in [5.74, 6) is -0.667. The van der Waals surface area contributed by atoms with E-state index >= 15 is 0 Å². The monoisotopic (exact) mass is 289 g/mol. The lowest BCUT2D eigenvalue weighted by atomic mass is 10.0. The van der Waals surface area contributed by atoms with Gasteiger partial charge >= 0.3 is 5.97 Å². The normalized spacial score (nSPS) is 10.2. The highest BCUT2D eigenvalue weighted by atomic mass is 32.1. The molecule has 0 saturated heterocycles. The van der Waals surface area contributed by atoms with Crippen molar-refractivity contribution >= 4 is 28.2 Å². The predicted octanol–water partition coefficient (Wildman–Crippen LogP) is 3.47. The van der Waals surface area contributed by atoms with Crippen LogP contribution in [0.2, 0.25) is 0 Å².